The molecule has 0 radical (unpaired) electrons. The number of nitrogens with one attached hydrogen (secondary N) is 3. The normalized spacial score (nSPS) is 21.1. The maximum Gasteiger partial charge on any atom is 0.237 e. The second-order valence-corrected chi connectivity index (χ2v) is 14.0. The number of fused-ring (bicyclic) bond motifs is 1. The number of hydrogen-bond acceptors (Lipinski definition) is 10. The minimum absolute atomic E-state index is 0.0474. The lowest BCUT2D eigenvalue weighted by Gasteiger charge is -2.20. The van der Waals surface area contributed by atoms with Crippen LogP contribution in [0, 0.1) is 0 Å². The molecule has 13 heteroatoms. The quantitative estimate of drug-likeness (QED) is 0.130. The van der Waals surface area contributed by atoms with Crippen LogP contribution < -0.4 is 30.2 Å². The van der Waals surface area contributed by atoms with Gasteiger partial charge in [-0.25, -0.2) is 4.98 Å². The standard InChI is InChI=1S/C38H42Cl2N6O5/c1-49-36-21(17-42-29-10-5-11-32(29)47)16-28(39)37(46-36)51-33-14-13-24-23(6-3-7-25(24)33)26-8-4-9-27(35(26)40)30-20-43-31(38(45-30)50-2)19-41-18-22-12-15-34(48)44-22/h3-4,6-9,16,20,22,29,32-33,41-42,47H,5,10-15,17-19H2,1-2H3,(H,44,48)/t22-,29+,32-,33-/m0/s1. The van der Waals surface area contributed by atoms with Crippen molar-refractivity contribution in [1.29, 1.82) is 0 Å². The highest BCUT2D eigenvalue weighted by Gasteiger charge is 2.30. The van der Waals surface area contributed by atoms with E-state index in [0.717, 1.165) is 71.9 Å². The minimum Gasteiger partial charge on any atom is -0.481 e. The largest absolute Gasteiger partial charge is 0.481 e. The van der Waals surface area contributed by atoms with Gasteiger partial charge in [-0.05, 0) is 61.3 Å². The smallest absolute Gasteiger partial charge is 0.237 e. The Kier molecular flexibility index (Phi) is 10.9. The van der Waals surface area contributed by atoms with Crippen molar-refractivity contribution in [2.75, 3.05) is 20.8 Å². The average molecular weight is 734 g/mol. The maximum atomic E-state index is 11.5. The second-order valence-electron chi connectivity index (χ2n) is 13.3. The Morgan fingerprint density at radius 1 is 0.922 bits per heavy atom. The van der Waals surface area contributed by atoms with E-state index in [0.29, 0.717) is 65.1 Å². The average Bonchev–Trinajstić information content (AvgIpc) is 3.88. The van der Waals surface area contributed by atoms with Gasteiger partial charge in [-0.1, -0.05) is 59.6 Å². The topological polar surface area (TPSA) is 140 Å². The van der Waals surface area contributed by atoms with E-state index >= 15 is 0 Å². The fraction of sp³-hybridized carbons (Fsp3) is 0.421. The van der Waals surface area contributed by atoms with Crippen LogP contribution in [0.3, 0.4) is 0 Å². The summed E-state index contributed by atoms with van der Waals surface area (Å²) in [5.74, 6) is 1.26. The molecule has 2 fully saturated rings. The van der Waals surface area contributed by atoms with E-state index in [1.807, 2.05) is 30.3 Å². The van der Waals surface area contributed by atoms with Gasteiger partial charge in [0.15, 0.2) is 0 Å². The molecule has 11 nitrogen and oxygen atoms in total. The third-order valence-electron chi connectivity index (χ3n) is 10.0. The van der Waals surface area contributed by atoms with E-state index in [9.17, 15) is 9.90 Å². The van der Waals surface area contributed by atoms with Gasteiger partial charge in [0.1, 0.15) is 16.8 Å². The van der Waals surface area contributed by atoms with Gasteiger partial charge in [-0.3, -0.25) is 9.78 Å². The first-order chi connectivity index (χ1) is 24.8. The van der Waals surface area contributed by atoms with Gasteiger partial charge in [0, 0.05) is 54.8 Å². The zero-order valence-electron chi connectivity index (χ0n) is 28.7. The highest BCUT2D eigenvalue weighted by Crippen LogP contribution is 2.44. The van der Waals surface area contributed by atoms with Gasteiger partial charge >= 0.3 is 0 Å². The molecule has 2 aliphatic carbocycles. The Balaban J connectivity index is 1.08. The molecule has 1 aliphatic heterocycles. The molecule has 1 saturated heterocycles. The summed E-state index contributed by atoms with van der Waals surface area (Å²) in [6.07, 6.45) is 6.78. The van der Waals surface area contributed by atoms with Crippen LogP contribution in [0.15, 0.2) is 48.7 Å². The lowest BCUT2D eigenvalue weighted by Crippen LogP contribution is -2.35. The molecule has 51 heavy (non-hydrogen) atoms. The number of aliphatic hydroxyl groups is 1. The number of carbonyl (C=O) groups excluding carboxylic acids is 1. The number of hydrogen-bond donors (Lipinski definition) is 4. The number of ether oxygens (including phenoxy) is 3. The SMILES string of the molecule is COc1nc(O[C@H]2CCc3c(-c4cccc(-c5cnc(CNC[C@@H]6CCC(=O)N6)c(OC)n5)c4Cl)cccc32)c(Cl)cc1CN[C@@H]1CCC[C@@H]1O. The third kappa shape index (κ3) is 7.64. The van der Waals surface area contributed by atoms with E-state index in [2.05, 4.69) is 38.1 Å². The monoisotopic (exact) mass is 732 g/mol. The van der Waals surface area contributed by atoms with Gasteiger partial charge in [-0.2, -0.15) is 4.98 Å². The Morgan fingerprint density at radius 3 is 2.49 bits per heavy atom. The van der Waals surface area contributed by atoms with E-state index in [-0.39, 0.29) is 30.2 Å². The molecule has 3 aliphatic rings. The number of benzene rings is 2. The molecule has 268 valence electrons. The summed E-state index contributed by atoms with van der Waals surface area (Å²) in [5.41, 5.74) is 6.96. The molecule has 3 heterocycles. The van der Waals surface area contributed by atoms with Gasteiger partial charge < -0.3 is 35.3 Å². The number of rotatable bonds is 13. The number of amides is 1. The second kappa shape index (κ2) is 15.7. The lowest BCUT2D eigenvalue weighted by molar-refractivity contribution is -0.119. The third-order valence-corrected chi connectivity index (χ3v) is 10.7. The van der Waals surface area contributed by atoms with E-state index in [4.69, 9.17) is 42.4 Å². The molecule has 0 unspecified atom stereocenters. The number of carbonyl (C=O) groups is 1. The molecule has 7 rings (SSSR count). The molecule has 0 spiro atoms. The zero-order chi connectivity index (χ0) is 35.5. The summed E-state index contributed by atoms with van der Waals surface area (Å²) in [6, 6.07) is 14.1. The van der Waals surface area contributed by atoms with Crippen LogP contribution in [0.2, 0.25) is 10.0 Å². The van der Waals surface area contributed by atoms with Crippen LogP contribution >= 0.6 is 23.2 Å². The van der Waals surface area contributed by atoms with E-state index in [1.54, 1.807) is 20.4 Å². The summed E-state index contributed by atoms with van der Waals surface area (Å²) in [5, 5.41) is 20.9. The highest BCUT2D eigenvalue weighted by molar-refractivity contribution is 6.36. The van der Waals surface area contributed by atoms with Crippen LogP contribution in [0.5, 0.6) is 17.6 Å². The van der Waals surface area contributed by atoms with Gasteiger partial charge in [0.25, 0.3) is 0 Å². The molecule has 2 aromatic heterocycles. The maximum absolute atomic E-state index is 11.5. The predicted octanol–water partition coefficient (Wildman–Crippen LogP) is 5.97. The number of aliphatic hydroxyl groups excluding tert-OH is 1. The van der Waals surface area contributed by atoms with Crippen molar-refractivity contribution in [1.82, 2.24) is 30.9 Å². The molecule has 2 aromatic carbocycles. The Labute approximate surface area is 307 Å². The van der Waals surface area contributed by atoms with Gasteiger partial charge in [-0.15, -0.1) is 0 Å². The van der Waals surface area contributed by atoms with Gasteiger partial charge in [0.05, 0.1) is 37.2 Å². The van der Waals surface area contributed by atoms with E-state index in [1.165, 1.54) is 0 Å². The number of halogens is 2. The lowest BCUT2D eigenvalue weighted by atomic mass is 9.95. The first-order valence-corrected chi connectivity index (χ1v) is 18.2. The van der Waals surface area contributed by atoms with Crippen molar-refractivity contribution in [3.8, 4) is 40.0 Å². The molecule has 1 amide bonds. The summed E-state index contributed by atoms with van der Waals surface area (Å²) < 4.78 is 17.7. The number of pyridine rings is 1. The zero-order valence-corrected chi connectivity index (χ0v) is 30.2. The van der Waals surface area contributed by atoms with Crippen LogP contribution in [0.1, 0.15) is 67.0 Å². The minimum atomic E-state index is -0.344. The van der Waals surface area contributed by atoms with Crippen molar-refractivity contribution in [3.63, 3.8) is 0 Å². The molecule has 1 saturated carbocycles. The number of aromatic nitrogens is 3. The summed E-state index contributed by atoms with van der Waals surface area (Å²) in [4.78, 5) is 25.6. The van der Waals surface area contributed by atoms with Crippen molar-refractivity contribution in [2.45, 2.75) is 82.3 Å². The van der Waals surface area contributed by atoms with Crippen molar-refractivity contribution in [3.05, 3.63) is 81.1 Å². The summed E-state index contributed by atoms with van der Waals surface area (Å²) in [6.45, 7) is 1.58. The Bertz CT molecular complexity index is 1910. The van der Waals surface area contributed by atoms with Gasteiger partial charge in [0.2, 0.25) is 23.5 Å². The molecular weight excluding hydrogens is 691 g/mol. The molecular formula is C38H42Cl2N6O5. The fourth-order valence-corrected chi connectivity index (χ4v) is 7.91. The fourth-order valence-electron chi connectivity index (χ4n) is 7.37. The predicted molar refractivity (Wildman–Crippen MR) is 195 cm³/mol. The van der Waals surface area contributed by atoms with Crippen molar-refractivity contribution >= 4 is 29.1 Å². The summed E-state index contributed by atoms with van der Waals surface area (Å²) >= 11 is 13.9. The van der Waals surface area contributed by atoms with Crippen LogP contribution in [-0.4, -0.2) is 64.9 Å². The Hall–Kier alpha value is -4.00. The molecule has 4 atom stereocenters. The van der Waals surface area contributed by atoms with Crippen molar-refractivity contribution < 1.29 is 24.1 Å². The molecule has 4 N–H and O–H groups in total. The van der Waals surface area contributed by atoms with Crippen LogP contribution in [0.25, 0.3) is 22.4 Å². The van der Waals surface area contributed by atoms with Crippen molar-refractivity contribution in [2.24, 2.45) is 0 Å². The highest BCUT2D eigenvalue weighted by atomic mass is 35.5. The summed E-state index contributed by atoms with van der Waals surface area (Å²) in [7, 11) is 3.16. The molecule has 0 bridgehead atoms. The molecule has 4 aromatic rings. The van der Waals surface area contributed by atoms with E-state index < -0.39 is 0 Å². The first-order valence-electron chi connectivity index (χ1n) is 17.5. The van der Waals surface area contributed by atoms with Crippen LogP contribution in [-0.2, 0) is 24.3 Å². The van der Waals surface area contributed by atoms with Crippen LogP contribution in [0.4, 0.5) is 0 Å². The Morgan fingerprint density at radius 2 is 1.73 bits per heavy atom. The number of methoxy groups -OCH3 is 2. The number of nitrogens with zero attached hydrogens (tertiary/aromatic N) is 3. The first kappa shape index (κ1) is 35.4.